The second-order valence-corrected chi connectivity index (χ2v) is 7.95. The van der Waals surface area contributed by atoms with Gasteiger partial charge >= 0.3 is 0 Å². The molecular formula is C17H32N4OS. The topological polar surface area (TPSA) is 54.2 Å². The Morgan fingerprint density at radius 2 is 2.00 bits per heavy atom. The Morgan fingerprint density at radius 3 is 2.61 bits per heavy atom. The molecule has 0 bridgehead atoms. The molecule has 3 atom stereocenters. The van der Waals surface area contributed by atoms with Gasteiger partial charge in [-0.25, -0.2) is 0 Å². The number of thioether (sulfide) groups is 1. The second-order valence-electron chi connectivity index (χ2n) is 6.74. The van der Waals surface area contributed by atoms with Crippen molar-refractivity contribution in [1.82, 2.24) is 19.7 Å². The van der Waals surface area contributed by atoms with E-state index in [1.54, 1.807) is 11.8 Å². The summed E-state index contributed by atoms with van der Waals surface area (Å²) in [5, 5.41) is 20.5. The Hall–Kier alpha value is -0.590. The van der Waals surface area contributed by atoms with Gasteiger partial charge in [-0.15, -0.1) is 10.2 Å². The summed E-state index contributed by atoms with van der Waals surface area (Å²) in [7, 11) is 4.20. The van der Waals surface area contributed by atoms with E-state index >= 15 is 0 Å². The maximum atomic E-state index is 10.3. The predicted octanol–water partition coefficient (Wildman–Crippen LogP) is 3.49. The average Bonchev–Trinajstić information content (AvgIpc) is 2.90. The van der Waals surface area contributed by atoms with Gasteiger partial charge < -0.3 is 9.67 Å². The molecule has 5 nitrogen and oxygen atoms in total. The summed E-state index contributed by atoms with van der Waals surface area (Å²) in [6.45, 7) is 5.38. The van der Waals surface area contributed by atoms with Crippen LogP contribution in [0.25, 0.3) is 0 Å². The average molecular weight is 341 g/mol. The minimum absolute atomic E-state index is 0.204. The van der Waals surface area contributed by atoms with Gasteiger partial charge in [0.05, 0.1) is 12.1 Å². The maximum Gasteiger partial charge on any atom is 0.191 e. The summed E-state index contributed by atoms with van der Waals surface area (Å²) >= 11 is 1.73. The van der Waals surface area contributed by atoms with E-state index in [2.05, 4.69) is 47.6 Å². The summed E-state index contributed by atoms with van der Waals surface area (Å²) in [6, 6.07) is 0.296. The van der Waals surface area contributed by atoms with Crippen LogP contribution in [-0.4, -0.2) is 50.2 Å². The largest absolute Gasteiger partial charge is 0.392 e. The van der Waals surface area contributed by atoms with Gasteiger partial charge in [-0.2, -0.15) is 0 Å². The number of aliphatic hydroxyl groups is 1. The summed E-state index contributed by atoms with van der Waals surface area (Å²) in [4.78, 5) is 2.22. The Kier molecular flexibility index (Phi) is 7.37. The zero-order chi connectivity index (χ0) is 16.8. The van der Waals surface area contributed by atoms with Gasteiger partial charge in [-0.1, -0.05) is 44.9 Å². The lowest BCUT2D eigenvalue weighted by atomic mass is 9.97. The maximum absolute atomic E-state index is 10.3. The van der Waals surface area contributed by atoms with Crippen LogP contribution in [-0.2, 0) is 6.54 Å². The van der Waals surface area contributed by atoms with Crippen molar-refractivity contribution in [2.75, 3.05) is 14.1 Å². The summed E-state index contributed by atoms with van der Waals surface area (Å²) in [5.74, 6) is 1.07. The van der Waals surface area contributed by atoms with Gasteiger partial charge in [-0.05, 0) is 39.8 Å². The van der Waals surface area contributed by atoms with E-state index in [9.17, 15) is 5.11 Å². The molecule has 0 radical (unpaired) electrons. The molecular weight excluding hydrogens is 308 g/mol. The molecule has 1 saturated carbocycles. The molecule has 1 aliphatic carbocycles. The Balaban J connectivity index is 2.22. The molecule has 0 aliphatic heterocycles. The van der Waals surface area contributed by atoms with Crippen molar-refractivity contribution in [2.45, 2.75) is 87.9 Å². The van der Waals surface area contributed by atoms with Crippen molar-refractivity contribution < 1.29 is 5.11 Å². The minimum Gasteiger partial charge on any atom is -0.392 e. The van der Waals surface area contributed by atoms with Crippen molar-refractivity contribution in [1.29, 1.82) is 0 Å². The lowest BCUT2D eigenvalue weighted by molar-refractivity contribution is 0.136. The highest BCUT2D eigenvalue weighted by atomic mass is 32.2. The molecule has 0 saturated heterocycles. The van der Waals surface area contributed by atoms with Crippen LogP contribution < -0.4 is 0 Å². The first-order valence-corrected chi connectivity index (χ1v) is 9.90. The second kappa shape index (κ2) is 9.04. The molecule has 0 spiro atoms. The molecule has 6 heteroatoms. The Labute approximate surface area is 144 Å². The van der Waals surface area contributed by atoms with E-state index in [0.29, 0.717) is 6.04 Å². The molecule has 23 heavy (non-hydrogen) atoms. The van der Waals surface area contributed by atoms with Crippen molar-refractivity contribution in [3.05, 3.63) is 5.82 Å². The number of aromatic nitrogens is 3. The normalized spacial score (nSPS) is 23.4. The molecule has 3 unspecified atom stereocenters. The van der Waals surface area contributed by atoms with Gasteiger partial charge in [0.25, 0.3) is 0 Å². The van der Waals surface area contributed by atoms with Crippen LogP contribution in [0.1, 0.15) is 70.7 Å². The van der Waals surface area contributed by atoms with Crippen LogP contribution >= 0.6 is 11.8 Å². The van der Waals surface area contributed by atoms with Crippen LogP contribution in [0, 0.1) is 0 Å². The van der Waals surface area contributed by atoms with Gasteiger partial charge in [0.15, 0.2) is 11.0 Å². The molecule has 1 N–H and O–H groups in total. The first-order chi connectivity index (χ1) is 11.1. The minimum atomic E-state index is -0.204. The van der Waals surface area contributed by atoms with Gasteiger partial charge in [0.1, 0.15) is 0 Å². The van der Waals surface area contributed by atoms with Crippen LogP contribution in [0.3, 0.4) is 0 Å². The van der Waals surface area contributed by atoms with E-state index in [1.807, 2.05) is 0 Å². The van der Waals surface area contributed by atoms with Crippen molar-refractivity contribution in [3.63, 3.8) is 0 Å². The molecule has 1 heterocycles. The SMILES string of the molecule is CCCCn1c(SC2CCCCC2O)nnc1C(CC)N(C)C. The fourth-order valence-corrected chi connectivity index (χ4v) is 4.54. The van der Waals surface area contributed by atoms with Crippen LogP contribution in [0.5, 0.6) is 0 Å². The summed E-state index contributed by atoms with van der Waals surface area (Å²) in [5.41, 5.74) is 0. The third kappa shape index (κ3) is 4.70. The van der Waals surface area contributed by atoms with Gasteiger partial charge in [0, 0.05) is 11.8 Å². The summed E-state index contributed by atoms with van der Waals surface area (Å²) in [6.07, 6.45) is 7.46. The Morgan fingerprint density at radius 1 is 1.26 bits per heavy atom. The molecule has 0 amide bonds. The highest BCUT2D eigenvalue weighted by Gasteiger charge is 2.28. The van der Waals surface area contributed by atoms with Crippen molar-refractivity contribution in [3.8, 4) is 0 Å². The molecule has 1 aliphatic rings. The fourth-order valence-electron chi connectivity index (χ4n) is 3.29. The number of aliphatic hydroxyl groups excluding tert-OH is 1. The van der Waals surface area contributed by atoms with Gasteiger partial charge in [-0.3, -0.25) is 4.90 Å². The summed E-state index contributed by atoms with van der Waals surface area (Å²) < 4.78 is 2.30. The van der Waals surface area contributed by atoms with E-state index in [-0.39, 0.29) is 11.4 Å². The number of hydrogen-bond acceptors (Lipinski definition) is 5. The quantitative estimate of drug-likeness (QED) is 0.785. The highest BCUT2D eigenvalue weighted by molar-refractivity contribution is 7.99. The first-order valence-electron chi connectivity index (χ1n) is 9.02. The molecule has 0 aromatic carbocycles. The van der Waals surface area contributed by atoms with Crippen molar-refractivity contribution >= 4 is 11.8 Å². The number of hydrogen-bond donors (Lipinski definition) is 1. The third-order valence-corrected chi connectivity index (χ3v) is 6.08. The van der Waals surface area contributed by atoms with Crippen molar-refractivity contribution in [2.24, 2.45) is 0 Å². The molecule has 1 aromatic heterocycles. The van der Waals surface area contributed by atoms with E-state index in [1.165, 1.54) is 6.42 Å². The van der Waals surface area contributed by atoms with E-state index < -0.39 is 0 Å². The standard InChI is InChI=1S/C17H32N4OS/c1-5-7-12-21-16(13(6-2)20(3)4)18-19-17(21)23-15-11-9-8-10-14(15)22/h13-15,22H,5-12H2,1-4H3. The van der Waals surface area contributed by atoms with E-state index in [0.717, 1.165) is 56.1 Å². The molecule has 1 aromatic rings. The lowest BCUT2D eigenvalue weighted by Gasteiger charge is -2.27. The van der Waals surface area contributed by atoms with Crippen LogP contribution in [0.4, 0.5) is 0 Å². The van der Waals surface area contributed by atoms with Crippen LogP contribution in [0.2, 0.25) is 0 Å². The fraction of sp³-hybridized carbons (Fsp3) is 0.882. The number of unbranched alkanes of at least 4 members (excludes halogenated alkanes) is 1. The van der Waals surface area contributed by atoms with E-state index in [4.69, 9.17) is 0 Å². The predicted molar refractivity (Wildman–Crippen MR) is 95.8 cm³/mol. The first kappa shape index (κ1) is 18.7. The molecule has 2 rings (SSSR count). The van der Waals surface area contributed by atoms with Gasteiger partial charge in [0.2, 0.25) is 0 Å². The third-order valence-electron chi connectivity index (χ3n) is 4.71. The van der Waals surface area contributed by atoms with Crippen LogP contribution in [0.15, 0.2) is 5.16 Å². The number of rotatable bonds is 8. The lowest BCUT2D eigenvalue weighted by Crippen LogP contribution is -2.27. The monoisotopic (exact) mass is 340 g/mol. The smallest absolute Gasteiger partial charge is 0.191 e. The number of nitrogens with zero attached hydrogens (tertiary/aromatic N) is 4. The highest BCUT2D eigenvalue weighted by Crippen LogP contribution is 2.34. The zero-order valence-electron chi connectivity index (χ0n) is 15.0. The zero-order valence-corrected chi connectivity index (χ0v) is 15.8. The molecule has 1 fully saturated rings. The molecule has 132 valence electrons. The Bertz CT molecular complexity index is 477.